The van der Waals surface area contributed by atoms with E-state index in [1.807, 2.05) is 41.0 Å². The number of alkyl halides is 1. The number of benzene rings is 2. The van der Waals surface area contributed by atoms with Gasteiger partial charge < -0.3 is 9.64 Å². The van der Waals surface area contributed by atoms with Crippen molar-refractivity contribution in [3.05, 3.63) is 54.4 Å². The van der Waals surface area contributed by atoms with Crippen LogP contribution >= 0.6 is 0 Å². The number of hydrogen-bond donors (Lipinski definition) is 0. The standard InChI is InChI=1S/C20H20FN3O2/c1-26-17-5-3-16(4-6-17)24-13-22-18-12-14(2-7-19(18)24)20(25)23-10-8-15(21)9-11-23/h2-7,12-13,15H,8-11H2,1H3. The molecule has 0 atom stereocenters. The molecule has 1 saturated heterocycles. The van der Waals surface area contributed by atoms with E-state index in [-0.39, 0.29) is 5.91 Å². The lowest BCUT2D eigenvalue weighted by Gasteiger charge is -2.28. The van der Waals surface area contributed by atoms with Crippen LogP contribution in [0.4, 0.5) is 4.39 Å². The van der Waals surface area contributed by atoms with Crippen molar-refractivity contribution in [3.63, 3.8) is 0 Å². The maximum Gasteiger partial charge on any atom is 0.253 e. The van der Waals surface area contributed by atoms with Gasteiger partial charge in [0.2, 0.25) is 0 Å². The van der Waals surface area contributed by atoms with Gasteiger partial charge in [-0.2, -0.15) is 0 Å². The predicted octanol–water partition coefficient (Wildman–Crippen LogP) is 3.61. The van der Waals surface area contributed by atoms with Gasteiger partial charge in [0.05, 0.1) is 18.1 Å². The van der Waals surface area contributed by atoms with Crippen molar-refractivity contribution < 1.29 is 13.9 Å². The summed E-state index contributed by atoms with van der Waals surface area (Å²) in [6, 6.07) is 13.2. The van der Waals surface area contributed by atoms with Gasteiger partial charge in [0.25, 0.3) is 5.91 Å². The molecule has 1 fully saturated rings. The first kappa shape index (κ1) is 16.6. The van der Waals surface area contributed by atoms with Crippen LogP contribution in [0.5, 0.6) is 5.75 Å². The second-order valence-electron chi connectivity index (χ2n) is 6.48. The van der Waals surface area contributed by atoms with Crippen molar-refractivity contribution in [2.45, 2.75) is 19.0 Å². The van der Waals surface area contributed by atoms with Crippen molar-refractivity contribution in [1.82, 2.24) is 14.5 Å². The van der Waals surface area contributed by atoms with Gasteiger partial charge in [0, 0.05) is 24.3 Å². The molecule has 0 N–H and O–H groups in total. The summed E-state index contributed by atoms with van der Waals surface area (Å²) in [4.78, 5) is 18.8. The highest BCUT2D eigenvalue weighted by Crippen LogP contribution is 2.23. The molecule has 0 bridgehead atoms. The van der Waals surface area contributed by atoms with Crippen molar-refractivity contribution in [1.29, 1.82) is 0 Å². The molecule has 0 radical (unpaired) electrons. The Morgan fingerprint density at radius 2 is 1.88 bits per heavy atom. The Morgan fingerprint density at radius 1 is 1.15 bits per heavy atom. The summed E-state index contributed by atoms with van der Waals surface area (Å²) >= 11 is 0. The fourth-order valence-electron chi connectivity index (χ4n) is 3.33. The number of hydrogen-bond acceptors (Lipinski definition) is 3. The zero-order valence-electron chi connectivity index (χ0n) is 14.6. The topological polar surface area (TPSA) is 47.4 Å². The van der Waals surface area contributed by atoms with Gasteiger partial charge in [-0.1, -0.05) is 0 Å². The molecule has 0 saturated carbocycles. The molecule has 26 heavy (non-hydrogen) atoms. The minimum atomic E-state index is -0.790. The minimum absolute atomic E-state index is 0.0576. The molecule has 1 aromatic heterocycles. The highest BCUT2D eigenvalue weighted by Gasteiger charge is 2.23. The van der Waals surface area contributed by atoms with Crippen LogP contribution in [0.15, 0.2) is 48.8 Å². The fourth-order valence-corrected chi connectivity index (χ4v) is 3.33. The summed E-state index contributed by atoms with van der Waals surface area (Å²) in [5, 5.41) is 0. The lowest BCUT2D eigenvalue weighted by atomic mass is 10.1. The fraction of sp³-hybridized carbons (Fsp3) is 0.300. The summed E-state index contributed by atoms with van der Waals surface area (Å²) in [5.41, 5.74) is 3.24. The van der Waals surface area contributed by atoms with Gasteiger partial charge in [-0.15, -0.1) is 0 Å². The Morgan fingerprint density at radius 3 is 2.58 bits per heavy atom. The van der Waals surface area contributed by atoms with Crippen LogP contribution in [-0.4, -0.2) is 46.7 Å². The molecule has 2 aromatic carbocycles. The summed E-state index contributed by atoms with van der Waals surface area (Å²) in [6.45, 7) is 0.941. The van der Waals surface area contributed by atoms with E-state index in [9.17, 15) is 9.18 Å². The second kappa shape index (κ2) is 6.78. The largest absolute Gasteiger partial charge is 0.497 e. The first-order valence-corrected chi connectivity index (χ1v) is 8.70. The number of amides is 1. The molecule has 1 aliphatic rings. The lowest BCUT2D eigenvalue weighted by Crippen LogP contribution is -2.39. The number of halogens is 1. The van der Waals surface area contributed by atoms with Crippen LogP contribution in [0.2, 0.25) is 0 Å². The Labute approximate surface area is 151 Å². The van der Waals surface area contributed by atoms with Crippen molar-refractivity contribution in [2.24, 2.45) is 0 Å². The summed E-state index contributed by atoms with van der Waals surface area (Å²) in [7, 11) is 1.64. The molecule has 2 heterocycles. The first-order valence-electron chi connectivity index (χ1n) is 8.70. The number of piperidine rings is 1. The van der Waals surface area contributed by atoms with Gasteiger partial charge in [-0.05, 0) is 55.3 Å². The van der Waals surface area contributed by atoms with Gasteiger partial charge >= 0.3 is 0 Å². The second-order valence-corrected chi connectivity index (χ2v) is 6.48. The number of ether oxygens (including phenoxy) is 1. The van der Waals surface area contributed by atoms with Crippen LogP contribution in [0, 0.1) is 0 Å². The smallest absolute Gasteiger partial charge is 0.253 e. The average Bonchev–Trinajstić information content (AvgIpc) is 3.11. The number of nitrogens with zero attached hydrogens (tertiary/aromatic N) is 3. The van der Waals surface area contributed by atoms with E-state index >= 15 is 0 Å². The third-order valence-corrected chi connectivity index (χ3v) is 4.86. The number of fused-ring (bicyclic) bond motifs is 1. The maximum absolute atomic E-state index is 13.3. The molecule has 6 heteroatoms. The summed E-state index contributed by atoms with van der Waals surface area (Å²) in [6.07, 6.45) is 1.79. The molecule has 0 unspecified atom stereocenters. The van der Waals surface area contributed by atoms with E-state index in [4.69, 9.17) is 4.74 Å². The molecule has 0 aliphatic carbocycles. The van der Waals surface area contributed by atoms with Gasteiger partial charge in [-0.25, -0.2) is 9.37 Å². The van der Waals surface area contributed by atoms with Gasteiger partial charge in [0.15, 0.2) is 0 Å². The SMILES string of the molecule is COc1ccc(-n2cnc3cc(C(=O)N4CCC(F)CC4)ccc32)cc1. The van der Waals surface area contributed by atoms with Crippen molar-refractivity contribution in [2.75, 3.05) is 20.2 Å². The third kappa shape index (κ3) is 3.03. The number of rotatable bonds is 3. The Bertz CT molecular complexity index is 928. The van der Waals surface area contributed by atoms with Crippen LogP contribution in [0.1, 0.15) is 23.2 Å². The Balaban J connectivity index is 1.61. The number of carbonyl (C=O) groups excluding carboxylic acids is 1. The van der Waals surface area contributed by atoms with Gasteiger partial charge in [-0.3, -0.25) is 9.36 Å². The number of methoxy groups -OCH3 is 1. The van der Waals surface area contributed by atoms with Crippen LogP contribution in [0.3, 0.4) is 0 Å². The highest BCUT2D eigenvalue weighted by atomic mass is 19.1. The maximum atomic E-state index is 13.3. The third-order valence-electron chi connectivity index (χ3n) is 4.86. The Kier molecular flexibility index (Phi) is 4.32. The highest BCUT2D eigenvalue weighted by molar-refractivity contribution is 5.97. The van der Waals surface area contributed by atoms with Crippen LogP contribution < -0.4 is 4.74 Å². The normalized spacial score (nSPS) is 15.4. The first-order chi connectivity index (χ1) is 12.7. The zero-order chi connectivity index (χ0) is 18.1. The molecule has 0 spiro atoms. The molecular formula is C20H20FN3O2. The lowest BCUT2D eigenvalue weighted by molar-refractivity contribution is 0.0667. The number of likely N-dealkylation sites (tertiary alicyclic amines) is 1. The minimum Gasteiger partial charge on any atom is -0.497 e. The molecule has 1 aliphatic heterocycles. The zero-order valence-corrected chi connectivity index (χ0v) is 14.6. The number of aromatic nitrogens is 2. The molecule has 5 nitrogen and oxygen atoms in total. The van der Waals surface area contributed by atoms with Crippen molar-refractivity contribution >= 4 is 16.9 Å². The monoisotopic (exact) mass is 353 g/mol. The molecule has 1 amide bonds. The van der Waals surface area contributed by atoms with E-state index < -0.39 is 6.17 Å². The predicted molar refractivity (Wildman–Crippen MR) is 97.7 cm³/mol. The van der Waals surface area contributed by atoms with E-state index in [0.717, 1.165) is 22.5 Å². The van der Waals surface area contributed by atoms with Crippen LogP contribution in [0.25, 0.3) is 16.7 Å². The molecule has 4 rings (SSSR count). The average molecular weight is 353 g/mol. The van der Waals surface area contributed by atoms with Gasteiger partial charge in [0.1, 0.15) is 18.2 Å². The molecule has 134 valence electrons. The number of imidazole rings is 1. The summed E-state index contributed by atoms with van der Waals surface area (Å²) in [5.74, 6) is 0.737. The van der Waals surface area contributed by atoms with E-state index in [0.29, 0.717) is 31.5 Å². The quantitative estimate of drug-likeness (QED) is 0.723. The van der Waals surface area contributed by atoms with E-state index in [1.165, 1.54) is 0 Å². The summed E-state index contributed by atoms with van der Waals surface area (Å²) < 4.78 is 20.4. The van der Waals surface area contributed by atoms with E-state index in [1.54, 1.807) is 24.4 Å². The van der Waals surface area contributed by atoms with Crippen LogP contribution in [-0.2, 0) is 0 Å². The Hall–Kier alpha value is -2.89. The van der Waals surface area contributed by atoms with Crippen molar-refractivity contribution in [3.8, 4) is 11.4 Å². The molecule has 3 aromatic rings. The molecular weight excluding hydrogens is 333 g/mol. The number of carbonyl (C=O) groups is 1. The van der Waals surface area contributed by atoms with E-state index in [2.05, 4.69) is 4.98 Å².